The zero-order valence-corrected chi connectivity index (χ0v) is 15.3. The predicted molar refractivity (Wildman–Crippen MR) is 93.3 cm³/mol. The first-order chi connectivity index (χ1) is 11.4. The fourth-order valence-corrected chi connectivity index (χ4v) is 4.92. The third kappa shape index (κ3) is 3.22. The van der Waals surface area contributed by atoms with Crippen molar-refractivity contribution in [1.82, 2.24) is 9.21 Å². The molecule has 0 unspecified atom stereocenters. The zero-order valence-electron chi connectivity index (χ0n) is 14.4. The monoisotopic (exact) mass is 350 g/mol. The summed E-state index contributed by atoms with van der Waals surface area (Å²) in [4.78, 5) is 15.1. The number of nitrogens with zero attached hydrogens (tertiary/aromatic N) is 2. The van der Waals surface area contributed by atoms with Gasteiger partial charge in [-0.2, -0.15) is 0 Å². The van der Waals surface area contributed by atoms with Crippen molar-refractivity contribution in [3.63, 3.8) is 0 Å². The molecule has 1 aromatic carbocycles. The Kier molecular flexibility index (Phi) is 4.97. The molecule has 2 fully saturated rings. The van der Waals surface area contributed by atoms with Crippen molar-refractivity contribution in [1.29, 1.82) is 0 Å². The summed E-state index contributed by atoms with van der Waals surface area (Å²) in [6.07, 6.45) is 7.19. The number of rotatable bonds is 4. The number of carbonyl (C=O) groups is 1. The maximum atomic E-state index is 12.9. The molecule has 1 aromatic rings. The molecule has 0 spiro atoms. The van der Waals surface area contributed by atoms with Crippen LogP contribution in [0.2, 0.25) is 0 Å². The molecule has 132 valence electrons. The van der Waals surface area contributed by atoms with Crippen molar-refractivity contribution in [3.8, 4) is 0 Å². The van der Waals surface area contributed by atoms with Gasteiger partial charge in [0.1, 0.15) is 0 Å². The predicted octanol–water partition coefficient (Wildman–Crippen LogP) is 2.73. The Morgan fingerprint density at radius 2 is 1.67 bits per heavy atom. The van der Waals surface area contributed by atoms with Crippen LogP contribution < -0.4 is 0 Å². The van der Waals surface area contributed by atoms with Crippen LogP contribution in [0.4, 0.5) is 0 Å². The third-order valence-corrected chi connectivity index (χ3v) is 7.21. The maximum Gasteiger partial charge on any atom is 0.254 e. The molecule has 1 saturated carbocycles. The second-order valence-electron chi connectivity index (χ2n) is 7.06. The molecular weight excluding hydrogens is 324 g/mol. The molecule has 6 heteroatoms. The standard InChI is InChI=1S/C18H26N2O3S/c1-19(2)24(22,23)16-11-9-15(10-12-16)18(21)20-13-5-8-17(20)14-6-3-4-7-14/h9-12,14,17H,3-8,13H2,1-2H3/t17-/m0/s1. The second-order valence-corrected chi connectivity index (χ2v) is 9.22. The Hall–Kier alpha value is -1.40. The van der Waals surface area contributed by atoms with Crippen molar-refractivity contribution < 1.29 is 13.2 Å². The second kappa shape index (κ2) is 6.84. The smallest absolute Gasteiger partial charge is 0.254 e. The summed E-state index contributed by atoms with van der Waals surface area (Å²) in [7, 11) is -0.444. The lowest BCUT2D eigenvalue weighted by atomic mass is 9.95. The molecular formula is C18H26N2O3S. The largest absolute Gasteiger partial charge is 0.335 e. The molecule has 1 atom stereocenters. The van der Waals surface area contributed by atoms with Gasteiger partial charge in [-0.1, -0.05) is 12.8 Å². The van der Waals surface area contributed by atoms with Crippen LogP contribution in [-0.4, -0.2) is 50.2 Å². The fraction of sp³-hybridized carbons (Fsp3) is 0.611. The van der Waals surface area contributed by atoms with Gasteiger partial charge in [0, 0.05) is 32.2 Å². The van der Waals surface area contributed by atoms with Gasteiger partial charge >= 0.3 is 0 Å². The topological polar surface area (TPSA) is 57.7 Å². The van der Waals surface area contributed by atoms with E-state index < -0.39 is 10.0 Å². The lowest BCUT2D eigenvalue weighted by Crippen LogP contribution is -2.39. The Bertz CT molecular complexity index is 691. The van der Waals surface area contributed by atoms with Crippen molar-refractivity contribution >= 4 is 15.9 Å². The molecule has 0 aromatic heterocycles. The van der Waals surface area contributed by atoms with Crippen molar-refractivity contribution in [2.75, 3.05) is 20.6 Å². The highest BCUT2D eigenvalue weighted by molar-refractivity contribution is 7.89. The van der Waals surface area contributed by atoms with E-state index in [0.29, 0.717) is 17.5 Å². The quantitative estimate of drug-likeness (QED) is 0.839. The van der Waals surface area contributed by atoms with Gasteiger partial charge < -0.3 is 4.90 Å². The first kappa shape index (κ1) is 17.4. The van der Waals surface area contributed by atoms with E-state index in [0.717, 1.165) is 19.4 Å². The highest BCUT2D eigenvalue weighted by atomic mass is 32.2. The number of likely N-dealkylation sites (tertiary alicyclic amines) is 1. The lowest BCUT2D eigenvalue weighted by molar-refractivity contribution is 0.0689. The van der Waals surface area contributed by atoms with E-state index in [2.05, 4.69) is 0 Å². The highest BCUT2D eigenvalue weighted by Gasteiger charge is 2.36. The van der Waals surface area contributed by atoms with Gasteiger partial charge in [0.15, 0.2) is 0 Å². The summed E-state index contributed by atoms with van der Waals surface area (Å²) in [6, 6.07) is 6.71. The Morgan fingerprint density at radius 3 is 2.25 bits per heavy atom. The minimum Gasteiger partial charge on any atom is -0.335 e. The van der Waals surface area contributed by atoms with Crippen LogP contribution in [0.25, 0.3) is 0 Å². The molecule has 1 aliphatic heterocycles. The molecule has 5 nitrogen and oxygen atoms in total. The van der Waals surface area contributed by atoms with Crippen LogP contribution in [-0.2, 0) is 10.0 Å². The van der Waals surface area contributed by atoms with Crippen LogP contribution in [0, 0.1) is 5.92 Å². The van der Waals surface area contributed by atoms with Crippen LogP contribution >= 0.6 is 0 Å². The normalized spacial score (nSPS) is 22.5. The summed E-state index contributed by atoms with van der Waals surface area (Å²) in [6.45, 7) is 0.817. The summed E-state index contributed by atoms with van der Waals surface area (Å²) in [5.41, 5.74) is 0.581. The summed E-state index contributed by atoms with van der Waals surface area (Å²) in [5, 5.41) is 0. The van der Waals surface area contributed by atoms with E-state index in [-0.39, 0.29) is 10.8 Å². The van der Waals surface area contributed by atoms with Crippen LogP contribution in [0.3, 0.4) is 0 Å². The minimum absolute atomic E-state index is 0.0400. The van der Waals surface area contributed by atoms with Crippen LogP contribution in [0.5, 0.6) is 0 Å². The lowest BCUT2D eigenvalue weighted by Gasteiger charge is -2.29. The number of hydrogen-bond acceptors (Lipinski definition) is 3. The van der Waals surface area contributed by atoms with E-state index in [1.54, 1.807) is 12.1 Å². The number of carbonyl (C=O) groups excluding carboxylic acids is 1. The third-order valence-electron chi connectivity index (χ3n) is 5.38. The molecule has 0 radical (unpaired) electrons. The highest BCUT2D eigenvalue weighted by Crippen LogP contribution is 2.36. The number of sulfonamides is 1. The van der Waals surface area contributed by atoms with Gasteiger partial charge in [0.25, 0.3) is 5.91 Å². The first-order valence-corrected chi connectivity index (χ1v) is 10.2. The molecule has 0 N–H and O–H groups in total. The zero-order chi connectivity index (χ0) is 17.3. The average Bonchev–Trinajstić information content (AvgIpc) is 3.24. The minimum atomic E-state index is -3.45. The molecule has 1 saturated heterocycles. The number of benzene rings is 1. The summed E-state index contributed by atoms with van der Waals surface area (Å²) >= 11 is 0. The Morgan fingerprint density at radius 1 is 1.04 bits per heavy atom. The van der Waals surface area contributed by atoms with Crippen molar-refractivity contribution in [2.45, 2.75) is 49.5 Å². The average molecular weight is 350 g/mol. The summed E-state index contributed by atoms with van der Waals surface area (Å²) < 4.78 is 25.4. The molecule has 0 bridgehead atoms. The van der Waals surface area contributed by atoms with Crippen LogP contribution in [0.1, 0.15) is 48.9 Å². The van der Waals surface area contributed by atoms with Gasteiger partial charge in [-0.05, 0) is 55.9 Å². The van der Waals surface area contributed by atoms with E-state index in [9.17, 15) is 13.2 Å². The Balaban J connectivity index is 1.77. The van der Waals surface area contributed by atoms with Gasteiger partial charge in [-0.15, -0.1) is 0 Å². The Labute approximate surface area is 144 Å². The number of hydrogen-bond donors (Lipinski definition) is 0. The van der Waals surface area contributed by atoms with Gasteiger partial charge in [0.05, 0.1) is 4.90 Å². The molecule has 2 aliphatic rings. The molecule has 1 amide bonds. The molecule has 1 aliphatic carbocycles. The van der Waals surface area contributed by atoms with Gasteiger partial charge in [-0.25, -0.2) is 12.7 Å². The SMILES string of the molecule is CN(C)S(=O)(=O)c1ccc(C(=O)N2CCC[C@H]2C2CCCC2)cc1. The fourth-order valence-electron chi connectivity index (χ4n) is 4.02. The van der Waals surface area contributed by atoms with E-state index in [1.807, 2.05) is 4.90 Å². The molecule has 1 heterocycles. The van der Waals surface area contributed by atoms with Gasteiger partial charge in [-0.3, -0.25) is 4.79 Å². The first-order valence-electron chi connectivity index (χ1n) is 8.75. The van der Waals surface area contributed by atoms with E-state index in [4.69, 9.17) is 0 Å². The van der Waals surface area contributed by atoms with Gasteiger partial charge in [0.2, 0.25) is 10.0 Å². The maximum absolute atomic E-state index is 12.9. The van der Waals surface area contributed by atoms with E-state index >= 15 is 0 Å². The number of amides is 1. The van der Waals surface area contributed by atoms with Crippen molar-refractivity contribution in [2.24, 2.45) is 5.92 Å². The van der Waals surface area contributed by atoms with Crippen molar-refractivity contribution in [3.05, 3.63) is 29.8 Å². The molecule has 3 rings (SSSR count). The molecule has 24 heavy (non-hydrogen) atoms. The van der Waals surface area contributed by atoms with Crippen LogP contribution in [0.15, 0.2) is 29.2 Å². The summed E-state index contributed by atoms with van der Waals surface area (Å²) in [5.74, 6) is 0.683. The van der Waals surface area contributed by atoms with E-state index in [1.165, 1.54) is 56.2 Å².